The number of thiophene rings is 1. The maximum absolute atomic E-state index is 13.9. The molecule has 36 heavy (non-hydrogen) atoms. The van der Waals surface area contributed by atoms with Gasteiger partial charge in [-0.05, 0) is 65.7 Å². The number of halogens is 1. The third-order valence-electron chi connectivity index (χ3n) is 6.71. The summed E-state index contributed by atoms with van der Waals surface area (Å²) < 4.78 is 13.6. The lowest BCUT2D eigenvalue weighted by Gasteiger charge is -2.33. The molecule has 7 heteroatoms. The highest BCUT2D eigenvalue weighted by Crippen LogP contribution is 2.30. The summed E-state index contributed by atoms with van der Waals surface area (Å²) in [6.07, 6.45) is 6.97. The van der Waals surface area contributed by atoms with Crippen molar-refractivity contribution in [2.75, 3.05) is 0 Å². The smallest absolute Gasteiger partial charge is 0.265 e. The van der Waals surface area contributed by atoms with Gasteiger partial charge in [0.05, 0.1) is 10.4 Å². The van der Waals surface area contributed by atoms with Crippen LogP contribution in [-0.2, 0) is 11.3 Å². The normalized spacial score (nSPS) is 14.9. The van der Waals surface area contributed by atoms with Crippen LogP contribution in [0.3, 0.4) is 0 Å². The van der Waals surface area contributed by atoms with Crippen LogP contribution in [-0.4, -0.2) is 27.7 Å². The number of aromatic nitrogens is 1. The molecule has 2 aromatic carbocycles. The van der Waals surface area contributed by atoms with Gasteiger partial charge in [0.1, 0.15) is 11.9 Å². The molecule has 5 nitrogen and oxygen atoms in total. The lowest BCUT2D eigenvalue weighted by atomic mass is 9.94. The summed E-state index contributed by atoms with van der Waals surface area (Å²) in [4.78, 5) is 34.3. The van der Waals surface area contributed by atoms with E-state index in [2.05, 4.69) is 10.3 Å². The van der Waals surface area contributed by atoms with E-state index >= 15 is 0 Å². The zero-order valence-electron chi connectivity index (χ0n) is 19.9. The van der Waals surface area contributed by atoms with Gasteiger partial charge in [-0.25, -0.2) is 4.39 Å². The van der Waals surface area contributed by atoms with E-state index < -0.39 is 6.04 Å². The van der Waals surface area contributed by atoms with E-state index in [0.29, 0.717) is 4.88 Å². The summed E-state index contributed by atoms with van der Waals surface area (Å²) in [6, 6.07) is 18.4. The molecule has 0 bridgehead atoms. The van der Waals surface area contributed by atoms with Crippen LogP contribution in [0.15, 0.2) is 78.3 Å². The van der Waals surface area contributed by atoms with Crippen LogP contribution in [0.1, 0.15) is 58.9 Å². The molecule has 0 saturated heterocycles. The number of pyridine rings is 1. The van der Waals surface area contributed by atoms with Crippen LogP contribution >= 0.6 is 11.3 Å². The molecule has 1 fully saturated rings. The van der Waals surface area contributed by atoms with E-state index in [1.807, 2.05) is 41.8 Å². The van der Waals surface area contributed by atoms with Crippen LogP contribution in [0.5, 0.6) is 0 Å². The predicted octanol–water partition coefficient (Wildman–Crippen LogP) is 6.27. The van der Waals surface area contributed by atoms with Crippen molar-refractivity contribution in [1.29, 1.82) is 0 Å². The number of benzene rings is 2. The van der Waals surface area contributed by atoms with Crippen molar-refractivity contribution in [2.24, 2.45) is 0 Å². The van der Waals surface area contributed by atoms with Crippen LogP contribution < -0.4 is 5.32 Å². The highest BCUT2D eigenvalue weighted by atomic mass is 32.1. The molecule has 1 saturated carbocycles. The Hall–Kier alpha value is -3.58. The third kappa shape index (κ3) is 5.46. The predicted molar refractivity (Wildman–Crippen MR) is 140 cm³/mol. The second-order valence-electron chi connectivity index (χ2n) is 9.24. The average Bonchev–Trinajstić information content (AvgIpc) is 3.45. The zero-order chi connectivity index (χ0) is 24.9. The van der Waals surface area contributed by atoms with Gasteiger partial charge in [-0.2, -0.15) is 0 Å². The van der Waals surface area contributed by atoms with Crippen LogP contribution in [0.25, 0.3) is 10.9 Å². The van der Waals surface area contributed by atoms with Crippen LogP contribution in [0.2, 0.25) is 0 Å². The Morgan fingerprint density at radius 3 is 2.58 bits per heavy atom. The first-order valence-electron chi connectivity index (χ1n) is 12.3. The number of fused-ring (bicyclic) bond motifs is 1. The van der Waals surface area contributed by atoms with Crippen molar-refractivity contribution in [1.82, 2.24) is 15.2 Å². The molecule has 0 unspecified atom stereocenters. The molecule has 4 aromatic rings. The first-order chi connectivity index (χ1) is 17.6. The largest absolute Gasteiger partial charge is 0.351 e. The van der Waals surface area contributed by atoms with Gasteiger partial charge in [0, 0.05) is 24.2 Å². The number of nitrogens with zero attached hydrogens (tertiary/aromatic N) is 2. The van der Waals surface area contributed by atoms with E-state index in [0.717, 1.165) is 47.7 Å². The quantitative estimate of drug-likeness (QED) is 0.325. The number of amides is 2. The molecular weight excluding hydrogens is 473 g/mol. The number of nitrogens with one attached hydrogen (secondary N) is 1. The average molecular weight is 502 g/mol. The molecule has 1 N–H and O–H groups in total. The molecule has 184 valence electrons. The van der Waals surface area contributed by atoms with E-state index in [1.54, 1.807) is 29.3 Å². The Kier molecular flexibility index (Phi) is 7.37. The zero-order valence-corrected chi connectivity index (χ0v) is 20.7. The molecule has 2 aromatic heterocycles. The van der Waals surface area contributed by atoms with Crippen molar-refractivity contribution >= 4 is 34.1 Å². The molecule has 0 aliphatic heterocycles. The van der Waals surface area contributed by atoms with E-state index in [-0.39, 0.29) is 30.2 Å². The lowest BCUT2D eigenvalue weighted by molar-refractivity contribution is -0.127. The number of carbonyl (C=O) groups is 2. The van der Waals surface area contributed by atoms with Gasteiger partial charge in [0.2, 0.25) is 5.91 Å². The highest BCUT2D eigenvalue weighted by molar-refractivity contribution is 7.12. The van der Waals surface area contributed by atoms with Gasteiger partial charge in [-0.3, -0.25) is 14.6 Å². The monoisotopic (exact) mass is 501 g/mol. The maximum atomic E-state index is 13.9. The Balaban J connectivity index is 1.57. The Morgan fingerprint density at radius 2 is 1.83 bits per heavy atom. The molecular formula is C29H28FN3O2S. The second kappa shape index (κ2) is 11.0. The van der Waals surface area contributed by atoms with E-state index in [9.17, 15) is 14.0 Å². The molecule has 5 rings (SSSR count). The molecule has 2 amide bonds. The summed E-state index contributed by atoms with van der Waals surface area (Å²) in [7, 11) is 0. The lowest BCUT2D eigenvalue weighted by Crippen LogP contribution is -2.46. The standard InChI is InChI=1S/C29H28FN3O2S/c30-23-13-10-20(11-14-23)19-33(29(35)26-9-5-17-36-26)27(28(34)32-24-7-2-1-3-8-24)22-12-15-25-21(18-22)6-4-16-31-25/h4-6,9-18,24,27H,1-3,7-8,19H2,(H,32,34)/t27-/m1/s1. The minimum atomic E-state index is -0.851. The van der Waals surface area contributed by atoms with Gasteiger partial charge in [-0.1, -0.05) is 49.6 Å². The topological polar surface area (TPSA) is 62.3 Å². The maximum Gasteiger partial charge on any atom is 0.265 e. The van der Waals surface area contributed by atoms with Crippen molar-refractivity contribution < 1.29 is 14.0 Å². The summed E-state index contributed by atoms with van der Waals surface area (Å²) in [5.41, 5.74) is 2.29. The van der Waals surface area contributed by atoms with Gasteiger partial charge >= 0.3 is 0 Å². The Labute approximate surface area is 214 Å². The van der Waals surface area contributed by atoms with Crippen LogP contribution in [0, 0.1) is 5.82 Å². The minimum absolute atomic E-state index is 0.0976. The number of hydrogen-bond acceptors (Lipinski definition) is 4. The summed E-state index contributed by atoms with van der Waals surface area (Å²) in [6.45, 7) is 0.171. The summed E-state index contributed by atoms with van der Waals surface area (Å²) in [5.74, 6) is -0.773. The highest BCUT2D eigenvalue weighted by Gasteiger charge is 2.34. The molecule has 1 atom stereocenters. The van der Waals surface area contributed by atoms with Crippen molar-refractivity contribution in [2.45, 2.75) is 50.7 Å². The fourth-order valence-corrected chi connectivity index (χ4v) is 5.55. The molecule has 1 aliphatic rings. The molecule has 2 heterocycles. The van der Waals surface area contributed by atoms with Gasteiger partial charge in [-0.15, -0.1) is 11.3 Å². The van der Waals surface area contributed by atoms with Gasteiger partial charge < -0.3 is 10.2 Å². The number of rotatable bonds is 7. The van der Waals surface area contributed by atoms with E-state index in [4.69, 9.17) is 0 Å². The Morgan fingerprint density at radius 1 is 1.03 bits per heavy atom. The minimum Gasteiger partial charge on any atom is -0.351 e. The fraction of sp³-hybridized carbons (Fsp3) is 0.276. The SMILES string of the molecule is O=C(NC1CCCCC1)[C@@H](c1ccc2ncccc2c1)N(Cc1ccc(F)cc1)C(=O)c1cccs1. The summed E-state index contributed by atoms with van der Waals surface area (Å²) in [5, 5.41) is 5.98. The molecule has 0 spiro atoms. The van der Waals surface area contributed by atoms with Crippen molar-refractivity contribution in [3.8, 4) is 0 Å². The second-order valence-corrected chi connectivity index (χ2v) is 10.2. The first-order valence-corrected chi connectivity index (χ1v) is 13.2. The summed E-state index contributed by atoms with van der Waals surface area (Å²) >= 11 is 1.34. The number of hydrogen-bond donors (Lipinski definition) is 1. The molecule has 1 aliphatic carbocycles. The van der Waals surface area contributed by atoms with Crippen LogP contribution in [0.4, 0.5) is 4.39 Å². The van der Waals surface area contributed by atoms with Gasteiger partial charge in [0.15, 0.2) is 0 Å². The fourth-order valence-electron chi connectivity index (χ4n) is 4.87. The van der Waals surface area contributed by atoms with E-state index in [1.165, 1.54) is 29.9 Å². The first kappa shape index (κ1) is 24.1. The number of carbonyl (C=O) groups excluding carboxylic acids is 2. The van der Waals surface area contributed by atoms with Crippen molar-refractivity contribution in [3.63, 3.8) is 0 Å². The van der Waals surface area contributed by atoms with Gasteiger partial charge in [0.25, 0.3) is 5.91 Å². The third-order valence-corrected chi connectivity index (χ3v) is 7.57. The Bertz CT molecular complexity index is 1330. The molecule has 0 radical (unpaired) electrons. The van der Waals surface area contributed by atoms with Crippen molar-refractivity contribution in [3.05, 3.63) is 100 Å².